The van der Waals surface area contributed by atoms with E-state index in [1.807, 2.05) is 12.1 Å². The summed E-state index contributed by atoms with van der Waals surface area (Å²) in [6, 6.07) is 13.9. The van der Waals surface area contributed by atoms with E-state index in [2.05, 4.69) is 33.0 Å². The molecule has 2 N–H and O–H groups in total. The van der Waals surface area contributed by atoms with Crippen LogP contribution >= 0.6 is 0 Å². The summed E-state index contributed by atoms with van der Waals surface area (Å²) in [5.41, 5.74) is 0.810. The first-order valence-electron chi connectivity index (χ1n) is 9.51. The van der Waals surface area contributed by atoms with Gasteiger partial charge in [-0.25, -0.2) is 0 Å². The van der Waals surface area contributed by atoms with E-state index >= 15 is 0 Å². The molecule has 1 heterocycles. The number of hydrogen-bond donors (Lipinski definition) is 2. The molecule has 1 aliphatic rings. The number of phenolic OH excluding ortho intramolecular Hbond substituents is 1. The van der Waals surface area contributed by atoms with Crippen molar-refractivity contribution >= 4 is 5.78 Å². The van der Waals surface area contributed by atoms with Crippen molar-refractivity contribution < 1.29 is 14.6 Å². The zero-order valence-electron chi connectivity index (χ0n) is 16.6. The molecule has 0 unspecified atom stereocenters. The molecule has 0 amide bonds. The molecule has 2 aromatic carbocycles. The van der Waals surface area contributed by atoms with Crippen molar-refractivity contribution in [2.45, 2.75) is 58.0 Å². The van der Waals surface area contributed by atoms with Crippen LogP contribution in [-0.2, 0) is 0 Å². The third-order valence-corrected chi connectivity index (χ3v) is 4.98. The first kappa shape index (κ1) is 19.4. The summed E-state index contributed by atoms with van der Waals surface area (Å²) in [4.78, 5) is 12.8. The van der Waals surface area contributed by atoms with Gasteiger partial charge in [-0.2, -0.15) is 0 Å². The summed E-state index contributed by atoms with van der Waals surface area (Å²) in [5, 5.41) is 13.2. The molecule has 0 atom stereocenters. The zero-order valence-corrected chi connectivity index (χ0v) is 16.6. The van der Waals surface area contributed by atoms with Gasteiger partial charge >= 0.3 is 0 Å². The van der Waals surface area contributed by atoms with E-state index in [1.54, 1.807) is 36.4 Å². The van der Waals surface area contributed by atoms with Gasteiger partial charge in [-0.1, -0.05) is 6.07 Å². The fourth-order valence-corrected chi connectivity index (χ4v) is 4.45. The molecule has 4 heteroatoms. The smallest absolute Gasteiger partial charge is 0.163 e. The Morgan fingerprint density at radius 3 is 2.26 bits per heavy atom. The van der Waals surface area contributed by atoms with Gasteiger partial charge in [0.2, 0.25) is 0 Å². The number of piperidine rings is 1. The lowest BCUT2D eigenvalue weighted by Gasteiger charge is -2.46. The first-order chi connectivity index (χ1) is 12.6. The highest BCUT2D eigenvalue weighted by atomic mass is 16.5. The number of Topliss-reactive ketones (excluding diaryl/α,β-unsaturated/α-hetero) is 1. The molecule has 0 bridgehead atoms. The van der Waals surface area contributed by atoms with Crippen molar-refractivity contribution in [3.05, 3.63) is 54.1 Å². The number of carbonyl (C=O) groups is 1. The topological polar surface area (TPSA) is 58.6 Å². The van der Waals surface area contributed by atoms with Crippen molar-refractivity contribution in [2.24, 2.45) is 5.92 Å². The molecule has 144 valence electrons. The van der Waals surface area contributed by atoms with Gasteiger partial charge in [0.25, 0.3) is 0 Å². The van der Waals surface area contributed by atoms with Crippen LogP contribution in [0.1, 0.15) is 57.3 Å². The van der Waals surface area contributed by atoms with Crippen LogP contribution in [0.25, 0.3) is 0 Å². The highest BCUT2D eigenvalue weighted by Crippen LogP contribution is 2.35. The zero-order chi connectivity index (χ0) is 19.7. The fourth-order valence-electron chi connectivity index (χ4n) is 4.45. The first-order valence-corrected chi connectivity index (χ1v) is 9.51. The van der Waals surface area contributed by atoms with E-state index in [0.717, 1.165) is 12.8 Å². The number of hydrogen-bond acceptors (Lipinski definition) is 4. The number of ketones is 1. The monoisotopic (exact) mass is 367 g/mol. The van der Waals surface area contributed by atoms with Gasteiger partial charge < -0.3 is 15.2 Å². The van der Waals surface area contributed by atoms with Gasteiger partial charge in [-0.15, -0.1) is 0 Å². The molecule has 3 rings (SSSR count). The van der Waals surface area contributed by atoms with Gasteiger partial charge in [0.15, 0.2) is 5.78 Å². The normalized spacial score (nSPS) is 18.8. The van der Waals surface area contributed by atoms with Crippen LogP contribution in [0.15, 0.2) is 48.5 Å². The molecule has 0 aliphatic carbocycles. The molecular formula is C23H29NO3. The predicted octanol–water partition coefficient (Wildman–Crippen LogP) is 5.31. The summed E-state index contributed by atoms with van der Waals surface area (Å²) in [6.07, 6.45) is 2.57. The van der Waals surface area contributed by atoms with Crippen LogP contribution in [-0.4, -0.2) is 22.0 Å². The van der Waals surface area contributed by atoms with Crippen LogP contribution in [0.2, 0.25) is 0 Å². The van der Waals surface area contributed by atoms with E-state index in [4.69, 9.17) is 4.74 Å². The number of rotatable bonds is 5. The quantitative estimate of drug-likeness (QED) is 0.703. The Morgan fingerprint density at radius 1 is 1.04 bits per heavy atom. The van der Waals surface area contributed by atoms with Gasteiger partial charge in [0, 0.05) is 29.1 Å². The van der Waals surface area contributed by atoms with Gasteiger partial charge in [-0.05, 0) is 82.9 Å². The Bertz CT molecular complexity index is 793. The molecule has 1 fully saturated rings. The molecule has 1 saturated heterocycles. The Labute approximate surface area is 161 Å². The second-order valence-corrected chi connectivity index (χ2v) is 8.92. The number of carbonyl (C=O) groups excluding carboxylic acids is 1. The van der Waals surface area contributed by atoms with Crippen molar-refractivity contribution in [1.82, 2.24) is 5.32 Å². The fraction of sp³-hybridized carbons (Fsp3) is 0.435. The molecular weight excluding hydrogens is 338 g/mol. The van der Waals surface area contributed by atoms with Crippen molar-refractivity contribution in [1.29, 1.82) is 0 Å². The molecule has 2 aromatic rings. The van der Waals surface area contributed by atoms with Crippen molar-refractivity contribution in [3.63, 3.8) is 0 Å². The van der Waals surface area contributed by atoms with Crippen LogP contribution in [0.4, 0.5) is 0 Å². The van der Waals surface area contributed by atoms with Gasteiger partial charge in [-0.3, -0.25) is 4.79 Å². The lowest BCUT2D eigenvalue weighted by Crippen LogP contribution is -2.57. The number of nitrogens with one attached hydrogen (secondary N) is 1. The van der Waals surface area contributed by atoms with Crippen LogP contribution < -0.4 is 10.1 Å². The van der Waals surface area contributed by atoms with E-state index < -0.39 is 0 Å². The average Bonchev–Trinajstić information content (AvgIpc) is 2.52. The Kier molecular flexibility index (Phi) is 5.29. The number of phenols is 1. The third kappa shape index (κ3) is 5.33. The predicted molar refractivity (Wildman–Crippen MR) is 108 cm³/mol. The summed E-state index contributed by atoms with van der Waals surface area (Å²) >= 11 is 0. The standard InChI is InChI=1S/C23H29NO3/c1-22(2)14-16(15-23(3,4)24-22)12-21(26)17-8-10-19(11-9-17)27-20-7-5-6-18(25)13-20/h5-11,13,16,24-25H,12,14-15H2,1-4H3. The van der Waals surface area contributed by atoms with Crippen molar-refractivity contribution in [2.75, 3.05) is 0 Å². The molecule has 0 aromatic heterocycles. The number of benzene rings is 2. The van der Waals surface area contributed by atoms with Crippen LogP contribution in [0, 0.1) is 5.92 Å². The summed E-state index contributed by atoms with van der Waals surface area (Å²) < 4.78 is 5.72. The highest BCUT2D eigenvalue weighted by Gasteiger charge is 2.38. The molecule has 4 nitrogen and oxygen atoms in total. The molecule has 0 radical (unpaired) electrons. The van der Waals surface area contributed by atoms with E-state index in [1.165, 1.54) is 0 Å². The van der Waals surface area contributed by atoms with Crippen LogP contribution in [0.5, 0.6) is 17.2 Å². The average molecular weight is 367 g/mol. The lowest BCUT2D eigenvalue weighted by molar-refractivity contribution is 0.0864. The Hall–Kier alpha value is -2.33. The maximum Gasteiger partial charge on any atom is 0.163 e. The van der Waals surface area contributed by atoms with E-state index in [-0.39, 0.29) is 22.6 Å². The second-order valence-electron chi connectivity index (χ2n) is 8.92. The minimum atomic E-state index is 0.0473. The summed E-state index contributed by atoms with van der Waals surface area (Å²) in [5.74, 6) is 1.92. The largest absolute Gasteiger partial charge is 0.508 e. The van der Waals surface area contributed by atoms with Gasteiger partial charge in [0.1, 0.15) is 17.2 Å². The molecule has 1 aliphatic heterocycles. The molecule has 0 saturated carbocycles. The van der Waals surface area contributed by atoms with E-state index in [0.29, 0.717) is 29.4 Å². The second kappa shape index (κ2) is 7.35. The van der Waals surface area contributed by atoms with E-state index in [9.17, 15) is 9.90 Å². The molecule has 27 heavy (non-hydrogen) atoms. The number of aromatic hydroxyl groups is 1. The SMILES string of the molecule is CC1(C)CC(CC(=O)c2ccc(Oc3cccc(O)c3)cc2)CC(C)(C)N1. The van der Waals surface area contributed by atoms with Crippen molar-refractivity contribution in [3.8, 4) is 17.2 Å². The summed E-state index contributed by atoms with van der Waals surface area (Å²) in [7, 11) is 0. The third-order valence-electron chi connectivity index (χ3n) is 4.98. The number of ether oxygens (including phenoxy) is 1. The Morgan fingerprint density at radius 2 is 1.67 bits per heavy atom. The van der Waals surface area contributed by atoms with Gasteiger partial charge in [0.05, 0.1) is 0 Å². The summed E-state index contributed by atoms with van der Waals surface area (Å²) in [6.45, 7) is 8.83. The Balaban J connectivity index is 1.64. The highest BCUT2D eigenvalue weighted by molar-refractivity contribution is 5.96. The minimum Gasteiger partial charge on any atom is -0.508 e. The maximum atomic E-state index is 12.8. The van der Waals surface area contributed by atoms with Crippen LogP contribution in [0.3, 0.4) is 0 Å². The lowest BCUT2D eigenvalue weighted by atomic mass is 9.74. The minimum absolute atomic E-state index is 0.0473. The maximum absolute atomic E-state index is 12.8. The molecule has 0 spiro atoms.